The van der Waals surface area contributed by atoms with Gasteiger partial charge >= 0.3 is 0 Å². The number of hydrogen-bond donors (Lipinski definition) is 1. The maximum Gasteiger partial charge on any atom is 0.147 e. The third-order valence-corrected chi connectivity index (χ3v) is 2.19. The van der Waals surface area contributed by atoms with Crippen molar-refractivity contribution in [3.05, 3.63) is 11.8 Å². The van der Waals surface area contributed by atoms with Gasteiger partial charge in [-0.2, -0.15) is 0 Å². The van der Waals surface area contributed by atoms with Gasteiger partial charge in [0, 0.05) is 18.3 Å². The lowest BCUT2D eigenvalue weighted by atomic mass is 10.1. The Labute approximate surface area is 87.8 Å². The first-order valence-electron chi connectivity index (χ1n) is 5.66. The Hall–Kier alpha value is -0.790. The zero-order valence-electron chi connectivity index (χ0n) is 9.51. The number of unbranched alkanes of at least 4 members (excludes halogenated alkanes) is 5. The summed E-state index contributed by atoms with van der Waals surface area (Å²) in [6, 6.07) is 0. The summed E-state index contributed by atoms with van der Waals surface area (Å²) < 4.78 is 0. The Kier molecular flexibility index (Phi) is 9.71. The van der Waals surface area contributed by atoms with Gasteiger partial charge in [0.1, 0.15) is 6.29 Å². The standard InChI is InChI=1S/C12H23NO/c1-3-4-5-6-7-8-9-13-10-12(2)11-14/h10-11,13H,3-9H2,1-2H3. The fraction of sp³-hybridized carbons (Fsp3) is 0.750. The molecule has 0 saturated heterocycles. The smallest absolute Gasteiger partial charge is 0.147 e. The topological polar surface area (TPSA) is 29.1 Å². The summed E-state index contributed by atoms with van der Waals surface area (Å²) in [5.74, 6) is 0. The zero-order valence-corrected chi connectivity index (χ0v) is 9.51. The molecule has 0 aliphatic carbocycles. The van der Waals surface area contributed by atoms with Crippen molar-refractivity contribution in [1.29, 1.82) is 0 Å². The number of rotatable bonds is 9. The van der Waals surface area contributed by atoms with E-state index in [1.807, 2.05) is 0 Å². The molecule has 1 N–H and O–H groups in total. The predicted octanol–water partition coefficient (Wildman–Crippen LogP) is 3.04. The summed E-state index contributed by atoms with van der Waals surface area (Å²) in [5.41, 5.74) is 0.760. The van der Waals surface area contributed by atoms with E-state index in [2.05, 4.69) is 12.2 Å². The van der Waals surface area contributed by atoms with Crippen molar-refractivity contribution >= 4 is 6.29 Å². The van der Waals surface area contributed by atoms with Crippen molar-refractivity contribution in [3.63, 3.8) is 0 Å². The Morgan fingerprint density at radius 3 is 2.43 bits per heavy atom. The Morgan fingerprint density at radius 2 is 1.79 bits per heavy atom. The second kappa shape index (κ2) is 10.3. The molecule has 0 unspecified atom stereocenters. The van der Waals surface area contributed by atoms with Gasteiger partial charge in [0.2, 0.25) is 0 Å². The van der Waals surface area contributed by atoms with E-state index in [0.717, 1.165) is 18.4 Å². The Bertz CT molecular complexity index is 164. The van der Waals surface area contributed by atoms with Gasteiger partial charge in [-0.15, -0.1) is 0 Å². The van der Waals surface area contributed by atoms with Crippen LogP contribution in [0.15, 0.2) is 11.8 Å². The van der Waals surface area contributed by atoms with Crippen molar-refractivity contribution in [2.75, 3.05) is 6.54 Å². The highest BCUT2D eigenvalue weighted by Crippen LogP contribution is 2.03. The predicted molar refractivity (Wildman–Crippen MR) is 61.2 cm³/mol. The summed E-state index contributed by atoms with van der Waals surface area (Å²) in [6.07, 6.45) is 10.5. The van der Waals surface area contributed by atoms with Crippen molar-refractivity contribution in [2.24, 2.45) is 0 Å². The van der Waals surface area contributed by atoms with E-state index in [4.69, 9.17) is 0 Å². The molecular formula is C12H23NO. The molecule has 0 aromatic rings. The van der Waals surface area contributed by atoms with Crippen LogP contribution in [-0.2, 0) is 4.79 Å². The number of hydrogen-bond acceptors (Lipinski definition) is 2. The van der Waals surface area contributed by atoms with E-state index in [0.29, 0.717) is 0 Å². The SMILES string of the molecule is CCCCCCCCNC=C(C)C=O. The first kappa shape index (κ1) is 13.2. The van der Waals surface area contributed by atoms with Crippen LogP contribution in [0.1, 0.15) is 52.4 Å². The molecule has 0 aliphatic heterocycles. The van der Waals surface area contributed by atoms with Crippen molar-refractivity contribution in [3.8, 4) is 0 Å². The molecule has 0 saturated carbocycles. The molecule has 2 nitrogen and oxygen atoms in total. The van der Waals surface area contributed by atoms with Crippen LogP contribution in [-0.4, -0.2) is 12.8 Å². The molecule has 0 heterocycles. The lowest BCUT2D eigenvalue weighted by molar-refractivity contribution is -0.104. The van der Waals surface area contributed by atoms with Crippen LogP contribution in [0.2, 0.25) is 0 Å². The maximum absolute atomic E-state index is 10.2. The highest BCUT2D eigenvalue weighted by atomic mass is 16.1. The average Bonchev–Trinajstić information content (AvgIpc) is 2.21. The second-order valence-electron chi connectivity index (χ2n) is 3.73. The third-order valence-electron chi connectivity index (χ3n) is 2.19. The van der Waals surface area contributed by atoms with E-state index in [9.17, 15) is 4.79 Å². The van der Waals surface area contributed by atoms with E-state index in [1.165, 1.54) is 38.5 Å². The molecule has 0 atom stereocenters. The summed E-state index contributed by atoms with van der Waals surface area (Å²) in [5, 5.41) is 3.13. The number of nitrogens with one attached hydrogen (secondary N) is 1. The maximum atomic E-state index is 10.2. The monoisotopic (exact) mass is 197 g/mol. The molecule has 0 spiro atoms. The van der Waals surface area contributed by atoms with Crippen LogP contribution < -0.4 is 5.32 Å². The first-order valence-corrected chi connectivity index (χ1v) is 5.66. The third kappa shape index (κ3) is 9.30. The van der Waals surface area contributed by atoms with E-state index >= 15 is 0 Å². The van der Waals surface area contributed by atoms with Crippen LogP contribution in [0.25, 0.3) is 0 Å². The minimum atomic E-state index is 0.760. The highest BCUT2D eigenvalue weighted by molar-refractivity contribution is 5.71. The molecule has 0 amide bonds. The van der Waals surface area contributed by atoms with Gasteiger partial charge in [-0.25, -0.2) is 0 Å². The number of allylic oxidation sites excluding steroid dienone is 1. The van der Waals surface area contributed by atoms with Crippen LogP contribution in [0.5, 0.6) is 0 Å². The van der Waals surface area contributed by atoms with Crippen molar-refractivity contribution in [1.82, 2.24) is 5.32 Å². The molecule has 14 heavy (non-hydrogen) atoms. The van der Waals surface area contributed by atoms with Crippen LogP contribution in [0, 0.1) is 0 Å². The number of aldehydes is 1. The molecule has 82 valence electrons. The lowest BCUT2D eigenvalue weighted by Gasteiger charge is -2.01. The molecule has 0 rings (SSSR count). The fourth-order valence-corrected chi connectivity index (χ4v) is 1.27. The van der Waals surface area contributed by atoms with Crippen LogP contribution in [0.3, 0.4) is 0 Å². The number of carbonyl (C=O) groups is 1. The van der Waals surface area contributed by atoms with E-state index in [-0.39, 0.29) is 0 Å². The van der Waals surface area contributed by atoms with Crippen molar-refractivity contribution < 1.29 is 4.79 Å². The average molecular weight is 197 g/mol. The molecule has 0 fully saturated rings. The van der Waals surface area contributed by atoms with Crippen LogP contribution >= 0.6 is 0 Å². The van der Waals surface area contributed by atoms with Crippen molar-refractivity contribution in [2.45, 2.75) is 52.4 Å². The Balaban J connectivity index is 3.10. The van der Waals surface area contributed by atoms with Gasteiger partial charge in [-0.3, -0.25) is 4.79 Å². The van der Waals surface area contributed by atoms with Gasteiger partial charge in [0.05, 0.1) is 0 Å². The van der Waals surface area contributed by atoms with Gasteiger partial charge in [0.15, 0.2) is 0 Å². The second-order valence-corrected chi connectivity index (χ2v) is 3.73. The summed E-state index contributed by atoms with van der Waals surface area (Å²) in [4.78, 5) is 10.2. The fourth-order valence-electron chi connectivity index (χ4n) is 1.27. The summed E-state index contributed by atoms with van der Waals surface area (Å²) in [7, 11) is 0. The largest absolute Gasteiger partial charge is 0.391 e. The summed E-state index contributed by atoms with van der Waals surface area (Å²) >= 11 is 0. The molecular weight excluding hydrogens is 174 g/mol. The van der Waals surface area contributed by atoms with Gasteiger partial charge in [-0.05, 0) is 13.3 Å². The molecule has 2 heteroatoms. The number of carbonyl (C=O) groups excluding carboxylic acids is 1. The molecule has 0 radical (unpaired) electrons. The summed E-state index contributed by atoms with van der Waals surface area (Å²) in [6.45, 7) is 5.02. The van der Waals surface area contributed by atoms with Gasteiger partial charge in [0.25, 0.3) is 0 Å². The van der Waals surface area contributed by atoms with Gasteiger partial charge < -0.3 is 5.32 Å². The van der Waals surface area contributed by atoms with E-state index < -0.39 is 0 Å². The normalized spacial score (nSPS) is 11.4. The van der Waals surface area contributed by atoms with Crippen LogP contribution in [0.4, 0.5) is 0 Å². The first-order chi connectivity index (χ1) is 6.81. The minimum absolute atomic E-state index is 0.760. The zero-order chi connectivity index (χ0) is 10.6. The molecule has 0 aromatic carbocycles. The molecule has 0 aromatic heterocycles. The Morgan fingerprint density at radius 1 is 1.14 bits per heavy atom. The van der Waals surface area contributed by atoms with Gasteiger partial charge in [-0.1, -0.05) is 39.0 Å². The minimum Gasteiger partial charge on any atom is -0.391 e. The lowest BCUT2D eigenvalue weighted by Crippen LogP contribution is -2.07. The van der Waals surface area contributed by atoms with E-state index in [1.54, 1.807) is 13.1 Å². The molecule has 0 aliphatic rings. The quantitative estimate of drug-likeness (QED) is 0.350. The highest BCUT2D eigenvalue weighted by Gasteiger charge is 1.89. The molecule has 0 bridgehead atoms.